The van der Waals surface area contributed by atoms with Crippen molar-refractivity contribution in [3.63, 3.8) is 0 Å². The number of carbonyl (C=O) groups is 1. The van der Waals surface area contributed by atoms with Crippen LogP contribution < -0.4 is 4.74 Å². The van der Waals surface area contributed by atoms with Crippen LogP contribution >= 0.6 is 11.6 Å². The second kappa shape index (κ2) is 8.82. The Hall–Kier alpha value is -1.26. The average molecular weight is 299 g/mol. The molecular formula is C15H23ClN2O2. The predicted octanol–water partition coefficient (Wildman–Crippen LogP) is 2.52. The molecule has 0 aliphatic carbocycles. The summed E-state index contributed by atoms with van der Waals surface area (Å²) in [7, 11) is 1.92. The van der Waals surface area contributed by atoms with Gasteiger partial charge in [0.15, 0.2) is 0 Å². The molecule has 20 heavy (non-hydrogen) atoms. The highest BCUT2D eigenvalue weighted by atomic mass is 35.5. The van der Waals surface area contributed by atoms with Crippen molar-refractivity contribution < 1.29 is 9.53 Å². The van der Waals surface area contributed by atoms with Gasteiger partial charge in [-0.2, -0.15) is 0 Å². The minimum Gasteiger partial charge on any atom is -0.492 e. The molecule has 0 spiro atoms. The lowest BCUT2D eigenvalue weighted by molar-refractivity contribution is -0.131. The summed E-state index contributed by atoms with van der Waals surface area (Å²) in [6.07, 6.45) is 0. The summed E-state index contributed by atoms with van der Waals surface area (Å²) in [4.78, 5) is 15.7. The monoisotopic (exact) mass is 298 g/mol. The lowest BCUT2D eigenvalue weighted by Gasteiger charge is -2.23. The number of carbonyl (C=O) groups excluding carboxylic acids is 1. The minimum absolute atomic E-state index is 0.156. The Morgan fingerprint density at radius 2 is 1.80 bits per heavy atom. The van der Waals surface area contributed by atoms with Crippen LogP contribution in [-0.2, 0) is 4.79 Å². The highest BCUT2D eigenvalue weighted by Crippen LogP contribution is 2.15. The molecule has 0 aliphatic heterocycles. The van der Waals surface area contributed by atoms with Crippen LogP contribution in [0.2, 0.25) is 5.02 Å². The van der Waals surface area contributed by atoms with Gasteiger partial charge in [0.2, 0.25) is 5.91 Å². The van der Waals surface area contributed by atoms with Gasteiger partial charge in [-0.15, -0.1) is 0 Å². The third-order valence-electron chi connectivity index (χ3n) is 3.08. The van der Waals surface area contributed by atoms with Gasteiger partial charge in [0.05, 0.1) is 6.54 Å². The molecule has 5 heteroatoms. The molecule has 0 N–H and O–H groups in total. The number of rotatable bonds is 8. The number of halogens is 1. The van der Waals surface area contributed by atoms with Gasteiger partial charge < -0.3 is 9.64 Å². The zero-order chi connectivity index (χ0) is 15.0. The molecule has 0 heterocycles. The quantitative estimate of drug-likeness (QED) is 0.739. The first-order chi connectivity index (χ1) is 9.56. The van der Waals surface area contributed by atoms with Gasteiger partial charge in [-0.3, -0.25) is 9.69 Å². The highest BCUT2D eigenvalue weighted by Gasteiger charge is 2.11. The molecule has 0 saturated heterocycles. The number of hydrogen-bond donors (Lipinski definition) is 0. The maximum absolute atomic E-state index is 11.9. The lowest BCUT2D eigenvalue weighted by atomic mass is 10.3. The van der Waals surface area contributed by atoms with Crippen LogP contribution in [0.3, 0.4) is 0 Å². The number of hydrogen-bond acceptors (Lipinski definition) is 3. The summed E-state index contributed by atoms with van der Waals surface area (Å²) in [5.74, 6) is 0.946. The first-order valence-electron chi connectivity index (χ1n) is 6.91. The van der Waals surface area contributed by atoms with E-state index in [4.69, 9.17) is 16.3 Å². The number of benzene rings is 1. The molecule has 0 unspecified atom stereocenters. The molecule has 0 saturated carbocycles. The van der Waals surface area contributed by atoms with Crippen molar-refractivity contribution in [2.45, 2.75) is 13.8 Å². The third-order valence-corrected chi connectivity index (χ3v) is 3.33. The van der Waals surface area contributed by atoms with Gasteiger partial charge in [0, 0.05) is 24.7 Å². The molecule has 0 aromatic heterocycles. The van der Waals surface area contributed by atoms with Crippen molar-refractivity contribution >= 4 is 17.5 Å². The van der Waals surface area contributed by atoms with Crippen LogP contribution in [0.1, 0.15) is 13.8 Å². The van der Waals surface area contributed by atoms with E-state index in [0.29, 0.717) is 24.7 Å². The van der Waals surface area contributed by atoms with Crippen LogP contribution in [0.25, 0.3) is 0 Å². The molecule has 1 aromatic rings. The third kappa shape index (κ3) is 5.80. The standard InChI is InChI=1S/C15H23ClN2O2/c1-4-18(5-2)15(19)12-17(3)10-11-20-14-8-6-13(16)7-9-14/h6-9H,4-5,10-12H2,1-3H3. The van der Waals surface area contributed by atoms with E-state index < -0.39 is 0 Å². The number of nitrogens with zero attached hydrogens (tertiary/aromatic N) is 2. The zero-order valence-electron chi connectivity index (χ0n) is 12.4. The Morgan fingerprint density at radius 3 is 2.35 bits per heavy atom. The molecule has 1 aromatic carbocycles. The Balaban J connectivity index is 2.27. The summed E-state index contributed by atoms with van der Waals surface area (Å²) < 4.78 is 5.60. The van der Waals surface area contributed by atoms with Crippen LogP contribution in [0.15, 0.2) is 24.3 Å². The molecule has 4 nitrogen and oxygen atoms in total. The topological polar surface area (TPSA) is 32.8 Å². The van der Waals surface area contributed by atoms with E-state index in [1.54, 1.807) is 12.1 Å². The maximum Gasteiger partial charge on any atom is 0.236 e. The minimum atomic E-state index is 0.156. The van der Waals surface area contributed by atoms with Crippen LogP contribution in [-0.4, -0.2) is 55.5 Å². The van der Waals surface area contributed by atoms with Crippen molar-refractivity contribution in [1.29, 1.82) is 0 Å². The Bertz CT molecular complexity index is 405. The largest absolute Gasteiger partial charge is 0.492 e. The Morgan fingerprint density at radius 1 is 1.20 bits per heavy atom. The van der Waals surface area contributed by atoms with Gasteiger partial charge >= 0.3 is 0 Å². The SMILES string of the molecule is CCN(CC)C(=O)CN(C)CCOc1ccc(Cl)cc1. The summed E-state index contributed by atoms with van der Waals surface area (Å²) in [5.41, 5.74) is 0. The molecule has 0 fully saturated rings. The normalized spacial score (nSPS) is 10.7. The zero-order valence-corrected chi connectivity index (χ0v) is 13.2. The van der Waals surface area contributed by atoms with E-state index in [1.807, 2.05) is 42.8 Å². The van der Waals surface area contributed by atoms with E-state index in [9.17, 15) is 4.79 Å². The lowest BCUT2D eigenvalue weighted by Crippen LogP contribution is -2.39. The van der Waals surface area contributed by atoms with Crippen molar-refractivity contribution in [1.82, 2.24) is 9.80 Å². The predicted molar refractivity (Wildman–Crippen MR) is 82.4 cm³/mol. The molecule has 0 radical (unpaired) electrons. The summed E-state index contributed by atoms with van der Waals surface area (Å²) in [6.45, 7) is 7.16. The molecule has 112 valence electrons. The first-order valence-corrected chi connectivity index (χ1v) is 7.29. The summed E-state index contributed by atoms with van der Waals surface area (Å²) in [6, 6.07) is 7.27. The second-order valence-electron chi connectivity index (χ2n) is 4.61. The molecular weight excluding hydrogens is 276 g/mol. The van der Waals surface area contributed by atoms with E-state index in [0.717, 1.165) is 18.8 Å². The first kappa shape index (κ1) is 16.8. The van der Waals surface area contributed by atoms with Gasteiger partial charge in [0.1, 0.15) is 12.4 Å². The smallest absolute Gasteiger partial charge is 0.236 e. The highest BCUT2D eigenvalue weighted by molar-refractivity contribution is 6.30. The van der Waals surface area contributed by atoms with Crippen molar-refractivity contribution in [2.24, 2.45) is 0 Å². The fourth-order valence-electron chi connectivity index (χ4n) is 1.84. The number of ether oxygens (including phenoxy) is 1. The van der Waals surface area contributed by atoms with E-state index in [1.165, 1.54) is 0 Å². The molecule has 1 rings (SSSR count). The number of likely N-dealkylation sites (N-methyl/N-ethyl adjacent to an activating group) is 2. The van der Waals surface area contributed by atoms with E-state index in [2.05, 4.69) is 0 Å². The molecule has 1 amide bonds. The fourth-order valence-corrected chi connectivity index (χ4v) is 1.96. The van der Waals surface area contributed by atoms with Gasteiger partial charge in [-0.05, 0) is 45.2 Å². The molecule has 0 bridgehead atoms. The van der Waals surface area contributed by atoms with E-state index >= 15 is 0 Å². The second-order valence-corrected chi connectivity index (χ2v) is 5.04. The Labute approximate surface area is 126 Å². The van der Waals surface area contributed by atoms with Crippen molar-refractivity contribution in [3.05, 3.63) is 29.3 Å². The molecule has 0 atom stereocenters. The van der Waals surface area contributed by atoms with Crippen molar-refractivity contribution in [2.75, 3.05) is 39.8 Å². The van der Waals surface area contributed by atoms with Crippen LogP contribution in [0.5, 0.6) is 5.75 Å². The number of amides is 1. The summed E-state index contributed by atoms with van der Waals surface area (Å²) >= 11 is 5.80. The summed E-state index contributed by atoms with van der Waals surface area (Å²) in [5, 5.41) is 0.694. The Kier molecular flexibility index (Phi) is 7.41. The fraction of sp³-hybridized carbons (Fsp3) is 0.533. The van der Waals surface area contributed by atoms with Crippen LogP contribution in [0.4, 0.5) is 0 Å². The van der Waals surface area contributed by atoms with Gasteiger partial charge in [-0.1, -0.05) is 11.6 Å². The van der Waals surface area contributed by atoms with E-state index in [-0.39, 0.29) is 5.91 Å². The average Bonchev–Trinajstić information content (AvgIpc) is 2.42. The maximum atomic E-state index is 11.9. The van der Waals surface area contributed by atoms with Crippen LogP contribution in [0, 0.1) is 0 Å². The van der Waals surface area contributed by atoms with Gasteiger partial charge in [0.25, 0.3) is 0 Å². The molecule has 0 aliphatic rings. The van der Waals surface area contributed by atoms with Gasteiger partial charge in [-0.25, -0.2) is 0 Å². The van der Waals surface area contributed by atoms with Crippen molar-refractivity contribution in [3.8, 4) is 5.75 Å².